The summed E-state index contributed by atoms with van der Waals surface area (Å²) in [5.74, 6) is 0.512. The van der Waals surface area contributed by atoms with Crippen LogP contribution >= 0.6 is 0 Å². The van der Waals surface area contributed by atoms with Crippen molar-refractivity contribution in [1.82, 2.24) is 0 Å². The summed E-state index contributed by atoms with van der Waals surface area (Å²) in [6, 6.07) is 2.06. The van der Waals surface area contributed by atoms with Gasteiger partial charge in [0.05, 0.1) is 12.0 Å². The number of rotatable bonds is 3. The highest BCUT2D eigenvalue weighted by molar-refractivity contribution is 5.83. The Morgan fingerprint density at radius 1 is 1.80 bits per heavy atom. The molecule has 2 heteroatoms. The van der Waals surface area contributed by atoms with E-state index >= 15 is 0 Å². The van der Waals surface area contributed by atoms with E-state index < -0.39 is 0 Å². The minimum Gasteiger partial charge on any atom is -0.299 e. The van der Waals surface area contributed by atoms with E-state index in [1.165, 1.54) is 0 Å². The van der Waals surface area contributed by atoms with Crippen LogP contribution in [0.1, 0.15) is 26.2 Å². The first-order chi connectivity index (χ1) is 4.74. The van der Waals surface area contributed by atoms with Crippen molar-refractivity contribution in [1.29, 1.82) is 5.26 Å². The highest BCUT2D eigenvalue weighted by Crippen LogP contribution is 2.31. The fourth-order valence-electron chi connectivity index (χ4n) is 0.919. The summed E-state index contributed by atoms with van der Waals surface area (Å²) in [5.41, 5.74) is 0. The molecule has 0 spiro atoms. The maximum absolute atomic E-state index is 11.0. The highest BCUT2D eigenvalue weighted by atomic mass is 16.1. The maximum atomic E-state index is 11.0. The van der Waals surface area contributed by atoms with Crippen LogP contribution in [0.15, 0.2) is 0 Å². The Balaban J connectivity index is 2.24. The van der Waals surface area contributed by atoms with Gasteiger partial charge < -0.3 is 0 Å². The minimum absolute atomic E-state index is 0.0897. The van der Waals surface area contributed by atoms with Crippen LogP contribution in [0.4, 0.5) is 0 Å². The average molecular weight is 137 g/mol. The molecule has 54 valence electrons. The average Bonchev–Trinajstić information content (AvgIpc) is 2.68. The third kappa shape index (κ3) is 1.84. The quantitative estimate of drug-likeness (QED) is 0.591. The molecular weight excluding hydrogens is 126 g/mol. The normalized spacial score (nSPS) is 19.6. The standard InChI is InChI=1S/C8H11NO/c1-6(5-9)4-8(10)7-2-3-7/h6-7H,2-4H2,1H3. The predicted octanol–water partition coefficient (Wildman–Crippen LogP) is 1.52. The lowest BCUT2D eigenvalue weighted by molar-refractivity contribution is -0.120. The van der Waals surface area contributed by atoms with E-state index in [4.69, 9.17) is 5.26 Å². The van der Waals surface area contributed by atoms with Crippen LogP contribution in [0.5, 0.6) is 0 Å². The van der Waals surface area contributed by atoms with E-state index in [9.17, 15) is 4.79 Å². The zero-order chi connectivity index (χ0) is 7.56. The molecule has 0 aliphatic heterocycles. The molecule has 1 saturated carbocycles. The van der Waals surface area contributed by atoms with Crippen LogP contribution < -0.4 is 0 Å². The van der Waals surface area contributed by atoms with Gasteiger partial charge in [-0.2, -0.15) is 5.26 Å². The fraction of sp³-hybridized carbons (Fsp3) is 0.750. The van der Waals surface area contributed by atoms with Crippen molar-refractivity contribution >= 4 is 5.78 Å². The van der Waals surface area contributed by atoms with Crippen LogP contribution in [0.3, 0.4) is 0 Å². The van der Waals surface area contributed by atoms with Crippen LogP contribution in [-0.2, 0) is 4.79 Å². The lowest BCUT2D eigenvalue weighted by Gasteiger charge is -1.97. The molecule has 2 nitrogen and oxygen atoms in total. The first kappa shape index (κ1) is 7.27. The molecule has 0 aromatic carbocycles. The number of hydrogen-bond donors (Lipinski definition) is 0. The summed E-state index contributed by atoms with van der Waals surface area (Å²) in [6.07, 6.45) is 2.56. The van der Waals surface area contributed by atoms with Gasteiger partial charge in [0.2, 0.25) is 0 Å². The summed E-state index contributed by atoms with van der Waals surface area (Å²) in [6.45, 7) is 1.79. The number of ketones is 1. The number of Topliss-reactive ketones (excluding diaryl/α,β-unsaturated/α-hetero) is 1. The Bertz CT molecular complexity index is 176. The second-order valence-corrected chi connectivity index (χ2v) is 2.97. The monoisotopic (exact) mass is 137 g/mol. The molecule has 0 bridgehead atoms. The Hall–Kier alpha value is -0.840. The number of nitriles is 1. The van der Waals surface area contributed by atoms with E-state index in [0.717, 1.165) is 12.8 Å². The van der Waals surface area contributed by atoms with E-state index in [1.807, 2.05) is 0 Å². The third-order valence-electron chi connectivity index (χ3n) is 1.76. The van der Waals surface area contributed by atoms with Crippen molar-refractivity contribution in [2.75, 3.05) is 0 Å². The molecule has 0 N–H and O–H groups in total. The number of carbonyl (C=O) groups excluding carboxylic acids is 1. The Morgan fingerprint density at radius 2 is 2.40 bits per heavy atom. The van der Waals surface area contributed by atoms with Gasteiger partial charge in [0, 0.05) is 12.3 Å². The summed E-state index contributed by atoms with van der Waals surface area (Å²) in [7, 11) is 0. The molecule has 0 heterocycles. The lowest BCUT2D eigenvalue weighted by Crippen LogP contribution is -2.05. The minimum atomic E-state index is -0.0897. The van der Waals surface area contributed by atoms with Crippen LogP contribution in [-0.4, -0.2) is 5.78 Å². The second kappa shape index (κ2) is 2.83. The second-order valence-electron chi connectivity index (χ2n) is 2.97. The van der Waals surface area contributed by atoms with E-state index in [1.54, 1.807) is 6.92 Å². The molecule has 0 aromatic heterocycles. The van der Waals surface area contributed by atoms with E-state index in [0.29, 0.717) is 12.3 Å². The van der Waals surface area contributed by atoms with Crippen molar-refractivity contribution < 1.29 is 4.79 Å². The van der Waals surface area contributed by atoms with Crippen molar-refractivity contribution in [2.45, 2.75) is 26.2 Å². The van der Waals surface area contributed by atoms with Gasteiger partial charge in [-0.15, -0.1) is 0 Å². The lowest BCUT2D eigenvalue weighted by atomic mass is 10.0. The van der Waals surface area contributed by atoms with Gasteiger partial charge in [-0.1, -0.05) is 0 Å². The summed E-state index contributed by atoms with van der Waals surface area (Å²) >= 11 is 0. The van der Waals surface area contributed by atoms with Gasteiger partial charge in [-0.05, 0) is 19.8 Å². The summed E-state index contributed by atoms with van der Waals surface area (Å²) < 4.78 is 0. The zero-order valence-electron chi connectivity index (χ0n) is 6.13. The van der Waals surface area contributed by atoms with Gasteiger partial charge in [-0.3, -0.25) is 4.79 Å². The van der Waals surface area contributed by atoms with Crippen molar-refractivity contribution in [3.8, 4) is 6.07 Å². The molecule has 0 radical (unpaired) electrons. The van der Waals surface area contributed by atoms with Gasteiger partial charge >= 0.3 is 0 Å². The molecule has 1 rings (SSSR count). The van der Waals surface area contributed by atoms with Gasteiger partial charge in [-0.25, -0.2) is 0 Å². The molecule has 1 aliphatic carbocycles. The first-order valence-electron chi connectivity index (χ1n) is 3.66. The molecule has 1 atom stereocenters. The molecule has 10 heavy (non-hydrogen) atoms. The number of nitrogens with zero attached hydrogens (tertiary/aromatic N) is 1. The first-order valence-corrected chi connectivity index (χ1v) is 3.66. The maximum Gasteiger partial charge on any atom is 0.137 e. The van der Waals surface area contributed by atoms with Crippen LogP contribution in [0.2, 0.25) is 0 Å². The Labute approximate surface area is 60.8 Å². The largest absolute Gasteiger partial charge is 0.299 e. The van der Waals surface area contributed by atoms with Gasteiger partial charge in [0.1, 0.15) is 5.78 Å². The highest BCUT2D eigenvalue weighted by Gasteiger charge is 2.29. The van der Waals surface area contributed by atoms with Crippen molar-refractivity contribution in [3.05, 3.63) is 0 Å². The van der Waals surface area contributed by atoms with Gasteiger partial charge in [0.25, 0.3) is 0 Å². The summed E-state index contributed by atoms with van der Waals surface area (Å²) in [5, 5.41) is 8.38. The number of hydrogen-bond acceptors (Lipinski definition) is 2. The summed E-state index contributed by atoms with van der Waals surface area (Å²) in [4.78, 5) is 11.0. The van der Waals surface area contributed by atoms with Crippen LogP contribution in [0, 0.1) is 23.2 Å². The topological polar surface area (TPSA) is 40.9 Å². The van der Waals surface area contributed by atoms with E-state index in [-0.39, 0.29) is 11.7 Å². The molecule has 1 unspecified atom stereocenters. The molecule has 1 aliphatic rings. The van der Waals surface area contributed by atoms with Gasteiger partial charge in [0.15, 0.2) is 0 Å². The molecule has 0 aromatic rings. The third-order valence-corrected chi connectivity index (χ3v) is 1.76. The Morgan fingerprint density at radius 3 is 2.80 bits per heavy atom. The smallest absolute Gasteiger partial charge is 0.137 e. The molecule has 0 amide bonds. The zero-order valence-corrected chi connectivity index (χ0v) is 6.13. The molecule has 1 fully saturated rings. The number of carbonyl (C=O) groups is 1. The Kier molecular flexibility index (Phi) is 2.06. The van der Waals surface area contributed by atoms with Crippen molar-refractivity contribution in [3.63, 3.8) is 0 Å². The van der Waals surface area contributed by atoms with E-state index in [2.05, 4.69) is 6.07 Å². The van der Waals surface area contributed by atoms with Crippen molar-refractivity contribution in [2.24, 2.45) is 11.8 Å². The SMILES string of the molecule is CC(C#N)CC(=O)C1CC1. The predicted molar refractivity (Wildman–Crippen MR) is 37.1 cm³/mol. The molecular formula is C8H11NO. The van der Waals surface area contributed by atoms with Crippen LogP contribution in [0.25, 0.3) is 0 Å². The molecule has 0 saturated heterocycles. The fourth-order valence-corrected chi connectivity index (χ4v) is 0.919.